The van der Waals surface area contributed by atoms with Gasteiger partial charge in [0.1, 0.15) is 5.69 Å². The number of morpholine rings is 1. The smallest absolute Gasteiger partial charge is 0.271 e. The average molecular weight is 273 g/mol. The van der Waals surface area contributed by atoms with Gasteiger partial charge in [0.05, 0.1) is 24.2 Å². The summed E-state index contributed by atoms with van der Waals surface area (Å²) in [4.78, 5) is 21.8. The summed E-state index contributed by atoms with van der Waals surface area (Å²) in [5, 5.41) is 0. The van der Waals surface area contributed by atoms with E-state index in [9.17, 15) is 4.79 Å². The van der Waals surface area contributed by atoms with Crippen LogP contribution in [0.4, 0.5) is 0 Å². The Labute approximate surface area is 117 Å². The van der Waals surface area contributed by atoms with Crippen molar-refractivity contribution in [2.75, 3.05) is 19.8 Å². The molecule has 1 aliphatic rings. The van der Waals surface area contributed by atoms with Gasteiger partial charge in [0, 0.05) is 18.6 Å². The number of para-hydroxylation sites is 2. The minimum atomic E-state index is -0.106. The van der Waals surface area contributed by atoms with E-state index >= 15 is 0 Å². The average Bonchev–Trinajstić information content (AvgIpc) is 2.41. The Hall–Kier alpha value is -1.72. The van der Waals surface area contributed by atoms with Crippen LogP contribution in [0.2, 0.25) is 0 Å². The quantitative estimate of drug-likeness (QED) is 0.901. The van der Waals surface area contributed by atoms with Crippen molar-refractivity contribution >= 4 is 11.0 Å². The van der Waals surface area contributed by atoms with E-state index in [-0.39, 0.29) is 11.1 Å². The number of ether oxygens (including phenoxy) is 1. The van der Waals surface area contributed by atoms with Crippen molar-refractivity contribution in [2.24, 2.45) is 0 Å². The monoisotopic (exact) mass is 273 g/mol. The first-order valence-electron chi connectivity index (χ1n) is 6.87. The lowest BCUT2D eigenvalue weighted by molar-refractivity contribution is -0.0559. The van der Waals surface area contributed by atoms with E-state index in [2.05, 4.69) is 28.7 Å². The van der Waals surface area contributed by atoms with Crippen LogP contribution in [0.1, 0.15) is 19.5 Å². The summed E-state index contributed by atoms with van der Waals surface area (Å²) in [5.41, 5.74) is 2.00. The first-order valence-corrected chi connectivity index (χ1v) is 6.87. The number of hydrogen-bond donors (Lipinski definition) is 1. The molecule has 5 heteroatoms. The molecule has 20 heavy (non-hydrogen) atoms. The van der Waals surface area contributed by atoms with Crippen molar-refractivity contribution in [1.82, 2.24) is 14.9 Å². The summed E-state index contributed by atoms with van der Waals surface area (Å²) in [7, 11) is 0. The SMILES string of the molecule is CC1(C)COCCN1Cc1nc2ccccc2[nH]c1=O. The molecule has 1 aromatic carbocycles. The zero-order chi connectivity index (χ0) is 14.2. The lowest BCUT2D eigenvalue weighted by atomic mass is 10.0. The van der Waals surface area contributed by atoms with E-state index in [1.165, 1.54) is 0 Å². The number of rotatable bonds is 2. The van der Waals surface area contributed by atoms with Gasteiger partial charge < -0.3 is 9.72 Å². The van der Waals surface area contributed by atoms with Crippen molar-refractivity contribution in [1.29, 1.82) is 0 Å². The standard InChI is InChI=1S/C15H19N3O2/c1-15(2)10-20-8-7-18(15)9-13-14(19)17-12-6-4-3-5-11(12)16-13/h3-6H,7-10H2,1-2H3,(H,17,19). The van der Waals surface area contributed by atoms with E-state index in [0.29, 0.717) is 25.5 Å². The van der Waals surface area contributed by atoms with Crippen LogP contribution in [-0.2, 0) is 11.3 Å². The molecule has 2 aromatic rings. The van der Waals surface area contributed by atoms with Gasteiger partial charge in [-0.05, 0) is 26.0 Å². The molecule has 1 aromatic heterocycles. The van der Waals surface area contributed by atoms with Crippen LogP contribution in [0.3, 0.4) is 0 Å². The van der Waals surface area contributed by atoms with Crippen molar-refractivity contribution in [3.05, 3.63) is 40.3 Å². The molecule has 1 saturated heterocycles. The van der Waals surface area contributed by atoms with E-state index in [0.717, 1.165) is 17.6 Å². The molecular formula is C15H19N3O2. The van der Waals surface area contributed by atoms with E-state index in [1.54, 1.807) is 0 Å². The lowest BCUT2D eigenvalue weighted by Crippen LogP contribution is -2.52. The molecule has 0 amide bonds. The Kier molecular flexibility index (Phi) is 3.31. The molecular weight excluding hydrogens is 254 g/mol. The largest absolute Gasteiger partial charge is 0.378 e. The molecule has 1 N–H and O–H groups in total. The van der Waals surface area contributed by atoms with Crippen LogP contribution in [-0.4, -0.2) is 40.2 Å². The highest BCUT2D eigenvalue weighted by molar-refractivity contribution is 5.73. The summed E-state index contributed by atoms with van der Waals surface area (Å²) in [6, 6.07) is 7.60. The maximum atomic E-state index is 12.1. The minimum absolute atomic E-state index is 0.0714. The van der Waals surface area contributed by atoms with Gasteiger partial charge in [0.2, 0.25) is 0 Å². The van der Waals surface area contributed by atoms with Gasteiger partial charge in [-0.25, -0.2) is 4.98 Å². The normalized spacial score (nSPS) is 19.3. The number of H-pyrrole nitrogens is 1. The van der Waals surface area contributed by atoms with Crippen molar-refractivity contribution in [3.63, 3.8) is 0 Å². The topological polar surface area (TPSA) is 58.2 Å². The number of nitrogens with one attached hydrogen (secondary N) is 1. The highest BCUT2D eigenvalue weighted by Gasteiger charge is 2.31. The van der Waals surface area contributed by atoms with E-state index < -0.39 is 0 Å². The molecule has 106 valence electrons. The predicted molar refractivity (Wildman–Crippen MR) is 77.7 cm³/mol. The van der Waals surface area contributed by atoms with E-state index in [1.807, 2.05) is 24.3 Å². The highest BCUT2D eigenvalue weighted by Crippen LogP contribution is 2.20. The Morgan fingerprint density at radius 1 is 1.40 bits per heavy atom. The highest BCUT2D eigenvalue weighted by atomic mass is 16.5. The third-order valence-corrected chi connectivity index (χ3v) is 3.83. The molecule has 5 nitrogen and oxygen atoms in total. The van der Waals surface area contributed by atoms with Gasteiger partial charge in [0.25, 0.3) is 5.56 Å². The molecule has 0 spiro atoms. The number of aromatic nitrogens is 2. The van der Waals surface area contributed by atoms with Crippen molar-refractivity contribution in [3.8, 4) is 0 Å². The molecule has 2 heterocycles. The number of fused-ring (bicyclic) bond motifs is 1. The van der Waals surface area contributed by atoms with Gasteiger partial charge in [-0.2, -0.15) is 0 Å². The molecule has 0 unspecified atom stereocenters. The van der Waals surface area contributed by atoms with Gasteiger partial charge >= 0.3 is 0 Å². The second kappa shape index (κ2) is 5.00. The Bertz CT molecular complexity index is 678. The molecule has 0 radical (unpaired) electrons. The molecule has 0 aliphatic carbocycles. The second-order valence-electron chi connectivity index (χ2n) is 5.82. The van der Waals surface area contributed by atoms with Crippen LogP contribution in [0.25, 0.3) is 11.0 Å². The summed E-state index contributed by atoms with van der Waals surface area (Å²) in [5.74, 6) is 0. The number of hydrogen-bond acceptors (Lipinski definition) is 4. The number of benzene rings is 1. The van der Waals surface area contributed by atoms with Crippen LogP contribution in [0.5, 0.6) is 0 Å². The van der Waals surface area contributed by atoms with Gasteiger partial charge in [-0.1, -0.05) is 12.1 Å². The van der Waals surface area contributed by atoms with Gasteiger partial charge in [-0.15, -0.1) is 0 Å². The van der Waals surface area contributed by atoms with Crippen molar-refractivity contribution < 1.29 is 4.74 Å². The van der Waals surface area contributed by atoms with Gasteiger partial charge in [0.15, 0.2) is 0 Å². The fourth-order valence-corrected chi connectivity index (χ4v) is 2.54. The van der Waals surface area contributed by atoms with Crippen molar-refractivity contribution in [2.45, 2.75) is 25.9 Å². The summed E-state index contributed by atoms with van der Waals surface area (Å²) >= 11 is 0. The molecule has 1 aliphatic heterocycles. The molecule has 0 atom stereocenters. The summed E-state index contributed by atoms with van der Waals surface area (Å²) in [6.45, 7) is 7.01. The summed E-state index contributed by atoms with van der Waals surface area (Å²) in [6.07, 6.45) is 0. The van der Waals surface area contributed by atoms with Crippen LogP contribution >= 0.6 is 0 Å². The fraction of sp³-hybridized carbons (Fsp3) is 0.467. The predicted octanol–water partition coefficient (Wildman–Crippen LogP) is 1.53. The van der Waals surface area contributed by atoms with Gasteiger partial charge in [-0.3, -0.25) is 9.69 Å². The second-order valence-corrected chi connectivity index (χ2v) is 5.82. The third kappa shape index (κ3) is 2.46. The molecule has 1 fully saturated rings. The fourth-order valence-electron chi connectivity index (χ4n) is 2.54. The zero-order valence-corrected chi connectivity index (χ0v) is 11.8. The summed E-state index contributed by atoms with van der Waals surface area (Å²) < 4.78 is 5.51. The third-order valence-electron chi connectivity index (χ3n) is 3.83. The van der Waals surface area contributed by atoms with Crippen LogP contribution in [0, 0.1) is 0 Å². The minimum Gasteiger partial charge on any atom is -0.378 e. The molecule has 0 bridgehead atoms. The Morgan fingerprint density at radius 3 is 3.00 bits per heavy atom. The molecule has 3 rings (SSSR count). The van der Waals surface area contributed by atoms with E-state index in [4.69, 9.17) is 4.74 Å². The number of aromatic amines is 1. The first kappa shape index (κ1) is 13.3. The van der Waals surface area contributed by atoms with Crippen LogP contribution in [0.15, 0.2) is 29.1 Å². The lowest BCUT2D eigenvalue weighted by Gasteiger charge is -2.41. The van der Waals surface area contributed by atoms with Crippen LogP contribution < -0.4 is 5.56 Å². The number of nitrogens with zero attached hydrogens (tertiary/aromatic N) is 2. The zero-order valence-electron chi connectivity index (χ0n) is 11.8. The maximum absolute atomic E-state index is 12.1. The Morgan fingerprint density at radius 2 is 2.20 bits per heavy atom. The molecule has 0 saturated carbocycles. The Balaban J connectivity index is 1.94. The maximum Gasteiger partial charge on any atom is 0.271 e. The first-order chi connectivity index (χ1) is 9.56.